The highest BCUT2D eigenvalue weighted by Crippen LogP contribution is 2.22. The molecule has 0 spiro atoms. The maximum absolute atomic E-state index is 9.10. The number of aliphatic hydroxyl groups is 1. The fraction of sp³-hybridized carbons (Fsp3) is 0.400. The Kier molecular flexibility index (Phi) is 6.14. The van der Waals surface area contributed by atoms with Crippen molar-refractivity contribution in [2.75, 3.05) is 33.4 Å². The van der Waals surface area contributed by atoms with E-state index in [0.717, 1.165) is 29.4 Å². The number of hydrogen-bond acceptors (Lipinski definition) is 5. The van der Waals surface area contributed by atoms with E-state index in [1.807, 2.05) is 18.2 Å². The second-order valence-electron chi connectivity index (χ2n) is 4.49. The molecule has 0 saturated heterocycles. The molecule has 0 aliphatic rings. The quantitative estimate of drug-likeness (QED) is 0.810. The van der Waals surface area contributed by atoms with E-state index in [0.29, 0.717) is 13.2 Å². The van der Waals surface area contributed by atoms with E-state index in [-0.39, 0.29) is 6.61 Å². The topological polar surface area (TPSA) is 45.6 Å². The predicted molar refractivity (Wildman–Crippen MR) is 81.8 cm³/mol. The molecule has 0 unspecified atom stereocenters. The van der Waals surface area contributed by atoms with Gasteiger partial charge in [-0.05, 0) is 0 Å². The molecular weight excluding hydrogens is 272 g/mol. The third kappa shape index (κ3) is 4.38. The van der Waals surface area contributed by atoms with Crippen LogP contribution in [0.5, 0.6) is 0 Å². The third-order valence-electron chi connectivity index (χ3n) is 3.01. The van der Waals surface area contributed by atoms with Crippen LogP contribution in [0.4, 0.5) is 0 Å². The number of benzene rings is 1. The molecule has 1 aromatic heterocycles. The first kappa shape index (κ1) is 15.1. The number of methoxy groups -OCH3 is 1. The Hall–Kier alpha value is -1.27. The molecule has 0 amide bonds. The van der Waals surface area contributed by atoms with Gasteiger partial charge in [0.05, 0.1) is 25.5 Å². The lowest BCUT2D eigenvalue weighted by Gasteiger charge is -2.19. The molecule has 0 radical (unpaired) electrons. The van der Waals surface area contributed by atoms with Crippen LogP contribution in [0.15, 0.2) is 35.7 Å². The molecular formula is C15H20N2O2S. The highest BCUT2D eigenvalue weighted by molar-refractivity contribution is 7.09. The second kappa shape index (κ2) is 8.11. The number of ether oxygens (including phenoxy) is 1. The van der Waals surface area contributed by atoms with Crippen molar-refractivity contribution >= 4 is 11.3 Å². The molecule has 20 heavy (non-hydrogen) atoms. The lowest BCUT2D eigenvalue weighted by molar-refractivity contribution is 0.127. The molecule has 0 aliphatic carbocycles. The van der Waals surface area contributed by atoms with Crippen LogP contribution in [-0.4, -0.2) is 48.4 Å². The van der Waals surface area contributed by atoms with Gasteiger partial charge in [0, 0.05) is 31.1 Å². The van der Waals surface area contributed by atoms with Gasteiger partial charge in [-0.1, -0.05) is 30.3 Å². The first-order chi connectivity index (χ1) is 9.83. The summed E-state index contributed by atoms with van der Waals surface area (Å²) in [5.74, 6) is 0. The fourth-order valence-corrected chi connectivity index (χ4v) is 2.79. The SMILES string of the molecule is COCCN(CCO)Cc1nc(-c2ccccc2)cs1. The number of hydrogen-bond donors (Lipinski definition) is 1. The molecule has 0 atom stereocenters. The second-order valence-corrected chi connectivity index (χ2v) is 5.43. The van der Waals surface area contributed by atoms with Crippen LogP contribution in [0.1, 0.15) is 5.01 Å². The molecule has 1 heterocycles. The van der Waals surface area contributed by atoms with Gasteiger partial charge in [-0.2, -0.15) is 0 Å². The summed E-state index contributed by atoms with van der Waals surface area (Å²) in [6, 6.07) is 10.2. The number of rotatable bonds is 8. The number of thiazole rings is 1. The van der Waals surface area contributed by atoms with Gasteiger partial charge in [0.1, 0.15) is 5.01 Å². The van der Waals surface area contributed by atoms with Gasteiger partial charge < -0.3 is 9.84 Å². The molecule has 0 saturated carbocycles. The predicted octanol–water partition coefficient (Wildman–Crippen LogP) is 2.25. The van der Waals surface area contributed by atoms with Crippen LogP contribution in [0, 0.1) is 0 Å². The van der Waals surface area contributed by atoms with Crippen molar-refractivity contribution in [1.29, 1.82) is 0 Å². The molecule has 4 nitrogen and oxygen atoms in total. The average molecular weight is 292 g/mol. The first-order valence-corrected chi connectivity index (χ1v) is 7.53. The zero-order chi connectivity index (χ0) is 14.2. The van der Waals surface area contributed by atoms with Crippen molar-refractivity contribution in [3.05, 3.63) is 40.7 Å². The normalized spacial score (nSPS) is 11.2. The molecule has 2 rings (SSSR count). The molecule has 0 bridgehead atoms. The minimum atomic E-state index is 0.153. The highest BCUT2D eigenvalue weighted by Gasteiger charge is 2.09. The van der Waals surface area contributed by atoms with Crippen molar-refractivity contribution in [2.24, 2.45) is 0 Å². The summed E-state index contributed by atoms with van der Waals surface area (Å²) < 4.78 is 5.09. The zero-order valence-electron chi connectivity index (χ0n) is 11.7. The van der Waals surface area contributed by atoms with E-state index in [9.17, 15) is 0 Å². The molecule has 1 N–H and O–H groups in total. The van der Waals surface area contributed by atoms with Gasteiger partial charge in [-0.25, -0.2) is 4.98 Å². The Labute approximate surface area is 123 Å². The van der Waals surface area contributed by atoms with Crippen molar-refractivity contribution in [3.63, 3.8) is 0 Å². The minimum Gasteiger partial charge on any atom is -0.395 e. The summed E-state index contributed by atoms with van der Waals surface area (Å²) in [5.41, 5.74) is 2.15. The van der Waals surface area contributed by atoms with Gasteiger partial charge in [0.2, 0.25) is 0 Å². The van der Waals surface area contributed by atoms with Crippen LogP contribution in [-0.2, 0) is 11.3 Å². The van der Waals surface area contributed by atoms with Crippen LogP contribution >= 0.6 is 11.3 Å². The standard InChI is InChI=1S/C15H20N2O2S/c1-19-10-8-17(7-9-18)11-15-16-14(12-20-15)13-5-3-2-4-6-13/h2-6,12,18H,7-11H2,1H3. The maximum atomic E-state index is 9.10. The van der Waals surface area contributed by atoms with Crippen LogP contribution in [0.3, 0.4) is 0 Å². The van der Waals surface area contributed by atoms with Crippen molar-refractivity contribution < 1.29 is 9.84 Å². The monoisotopic (exact) mass is 292 g/mol. The Balaban J connectivity index is 2.00. The van der Waals surface area contributed by atoms with E-state index in [4.69, 9.17) is 9.84 Å². The van der Waals surface area contributed by atoms with E-state index in [2.05, 4.69) is 27.4 Å². The summed E-state index contributed by atoms with van der Waals surface area (Å²) in [7, 11) is 1.69. The molecule has 0 aliphatic heterocycles. The zero-order valence-corrected chi connectivity index (χ0v) is 12.5. The van der Waals surface area contributed by atoms with Crippen LogP contribution in [0.25, 0.3) is 11.3 Å². The number of aliphatic hydroxyl groups excluding tert-OH is 1. The van der Waals surface area contributed by atoms with Gasteiger partial charge >= 0.3 is 0 Å². The maximum Gasteiger partial charge on any atom is 0.107 e. The van der Waals surface area contributed by atoms with E-state index in [1.165, 1.54) is 0 Å². The summed E-state index contributed by atoms with van der Waals surface area (Å²) in [6.45, 7) is 3.01. The van der Waals surface area contributed by atoms with Crippen molar-refractivity contribution in [2.45, 2.75) is 6.54 Å². The van der Waals surface area contributed by atoms with Gasteiger partial charge in [-0.15, -0.1) is 11.3 Å². The molecule has 1 aromatic carbocycles. The lowest BCUT2D eigenvalue weighted by atomic mass is 10.2. The van der Waals surface area contributed by atoms with Crippen LogP contribution in [0.2, 0.25) is 0 Å². The Morgan fingerprint density at radius 3 is 2.75 bits per heavy atom. The molecule has 108 valence electrons. The van der Waals surface area contributed by atoms with E-state index < -0.39 is 0 Å². The number of nitrogens with zero attached hydrogens (tertiary/aromatic N) is 2. The minimum absolute atomic E-state index is 0.153. The summed E-state index contributed by atoms with van der Waals surface area (Å²) >= 11 is 1.66. The molecule has 0 fully saturated rings. The third-order valence-corrected chi connectivity index (χ3v) is 3.84. The highest BCUT2D eigenvalue weighted by atomic mass is 32.1. The average Bonchev–Trinajstić information content (AvgIpc) is 2.94. The summed E-state index contributed by atoms with van der Waals surface area (Å²) in [4.78, 5) is 6.81. The summed E-state index contributed by atoms with van der Waals surface area (Å²) in [6.07, 6.45) is 0. The summed E-state index contributed by atoms with van der Waals surface area (Å²) in [5, 5.41) is 12.2. The largest absolute Gasteiger partial charge is 0.395 e. The van der Waals surface area contributed by atoms with Crippen LogP contribution < -0.4 is 0 Å². The van der Waals surface area contributed by atoms with E-state index >= 15 is 0 Å². The van der Waals surface area contributed by atoms with Gasteiger partial charge in [-0.3, -0.25) is 4.90 Å². The number of aromatic nitrogens is 1. The van der Waals surface area contributed by atoms with Crippen molar-refractivity contribution in [1.82, 2.24) is 9.88 Å². The van der Waals surface area contributed by atoms with E-state index in [1.54, 1.807) is 18.4 Å². The Morgan fingerprint density at radius 2 is 2.05 bits per heavy atom. The van der Waals surface area contributed by atoms with Gasteiger partial charge in [0.15, 0.2) is 0 Å². The Bertz CT molecular complexity index is 502. The van der Waals surface area contributed by atoms with Crippen molar-refractivity contribution in [3.8, 4) is 11.3 Å². The lowest BCUT2D eigenvalue weighted by Crippen LogP contribution is -2.29. The smallest absolute Gasteiger partial charge is 0.107 e. The first-order valence-electron chi connectivity index (χ1n) is 6.65. The molecule has 5 heteroatoms. The Morgan fingerprint density at radius 1 is 1.25 bits per heavy atom. The van der Waals surface area contributed by atoms with Gasteiger partial charge in [0.25, 0.3) is 0 Å². The fourth-order valence-electron chi connectivity index (χ4n) is 1.95. The molecule has 2 aromatic rings.